The number of rotatable bonds is 39. The van der Waals surface area contributed by atoms with Gasteiger partial charge in [-0.1, -0.05) is 192 Å². The van der Waals surface area contributed by atoms with E-state index in [0.717, 1.165) is 19.3 Å². The Morgan fingerprint density at radius 2 is 0.952 bits per heavy atom. The first-order valence-electron chi connectivity index (χ1n) is 25.4. The smallest absolute Gasteiger partial charge is 0.217 e. The lowest BCUT2D eigenvalue weighted by atomic mass is 9.97. The first kappa shape index (κ1) is 57.9. The highest BCUT2D eigenvalue weighted by Gasteiger charge is 2.50. The molecule has 372 valence electrons. The summed E-state index contributed by atoms with van der Waals surface area (Å²) < 4.78 is 22.2. The number of amides is 1. The van der Waals surface area contributed by atoms with Gasteiger partial charge in [-0.05, 0) is 12.8 Å². The van der Waals surface area contributed by atoms with Gasteiger partial charge in [-0.2, -0.15) is 0 Å². The van der Waals surface area contributed by atoms with E-state index in [4.69, 9.17) is 18.9 Å². The van der Waals surface area contributed by atoms with E-state index < -0.39 is 92.7 Å². The normalized spacial score (nSPS) is 27.5. The molecule has 2 heterocycles. The molecule has 0 bridgehead atoms. The number of aliphatic hydroxyl groups is 8. The van der Waals surface area contributed by atoms with Crippen LogP contribution < -0.4 is 5.32 Å². The number of allylic oxidation sites excluding steroid dienone is 1. The highest BCUT2D eigenvalue weighted by molar-refractivity contribution is 5.73. The predicted molar refractivity (Wildman–Crippen MR) is 245 cm³/mol. The lowest BCUT2D eigenvalue weighted by Crippen LogP contribution is -2.65. The van der Waals surface area contributed by atoms with Crippen molar-refractivity contribution >= 4 is 5.91 Å². The minimum atomic E-state index is -1.78. The van der Waals surface area contributed by atoms with Crippen LogP contribution in [-0.4, -0.2) is 140 Å². The minimum Gasteiger partial charge on any atom is -0.394 e. The van der Waals surface area contributed by atoms with Gasteiger partial charge < -0.3 is 65.1 Å². The third-order valence-corrected chi connectivity index (χ3v) is 12.8. The molecule has 0 radical (unpaired) electrons. The van der Waals surface area contributed by atoms with E-state index in [1.54, 1.807) is 6.08 Å². The van der Waals surface area contributed by atoms with E-state index in [0.29, 0.717) is 0 Å². The van der Waals surface area contributed by atoms with Crippen molar-refractivity contribution in [2.24, 2.45) is 0 Å². The van der Waals surface area contributed by atoms with Crippen LogP contribution in [0.3, 0.4) is 0 Å². The topological polar surface area (TPSA) is 228 Å². The van der Waals surface area contributed by atoms with Crippen molar-refractivity contribution in [2.45, 2.75) is 274 Å². The number of aliphatic hydroxyl groups excluding tert-OH is 8. The number of hydrogen-bond donors (Lipinski definition) is 9. The molecule has 12 unspecified atom stereocenters. The van der Waals surface area contributed by atoms with Gasteiger partial charge in [0, 0.05) is 6.92 Å². The third kappa shape index (κ3) is 24.9. The van der Waals surface area contributed by atoms with Crippen molar-refractivity contribution in [3.63, 3.8) is 0 Å². The van der Waals surface area contributed by atoms with E-state index in [2.05, 4.69) is 12.2 Å². The maximum atomic E-state index is 11.9. The number of carbonyl (C=O) groups is 1. The molecule has 14 heteroatoms. The fraction of sp³-hybridized carbons (Fsp3) is 0.939. The number of hydrogen-bond acceptors (Lipinski definition) is 13. The predicted octanol–water partition coefficient (Wildman–Crippen LogP) is 6.38. The van der Waals surface area contributed by atoms with E-state index in [9.17, 15) is 45.6 Å². The molecule has 2 aliphatic heterocycles. The molecule has 2 saturated heterocycles. The van der Waals surface area contributed by atoms with Crippen LogP contribution in [0.25, 0.3) is 0 Å². The lowest BCUT2D eigenvalue weighted by molar-refractivity contribution is -0.359. The van der Waals surface area contributed by atoms with Crippen LogP contribution in [0.2, 0.25) is 0 Å². The molecule has 2 rings (SSSR count). The van der Waals surface area contributed by atoms with Crippen LogP contribution in [0.1, 0.15) is 200 Å². The average Bonchev–Trinajstić information content (AvgIpc) is 3.27. The molecule has 2 aliphatic rings. The molecular formula is C49H93NO13. The van der Waals surface area contributed by atoms with Crippen LogP contribution in [0, 0.1) is 0 Å². The van der Waals surface area contributed by atoms with Crippen molar-refractivity contribution < 1.29 is 64.6 Å². The molecule has 0 aromatic carbocycles. The largest absolute Gasteiger partial charge is 0.394 e. The van der Waals surface area contributed by atoms with Crippen LogP contribution in [0.5, 0.6) is 0 Å². The van der Waals surface area contributed by atoms with Gasteiger partial charge >= 0.3 is 0 Å². The molecule has 2 fully saturated rings. The van der Waals surface area contributed by atoms with E-state index in [1.807, 2.05) is 6.08 Å². The Morgan fingerprint density at radius 3 is 1.37 bits per heavy atom. The third-order valence-electron chi connectivity index (χ3n) is 12.8. The fourth-order valence-corrected chi connectivity index (χ4v) is 8.68. The van der Waals surface area contributed by atoms with Gasteiger partial charge in [0.2, 0.25) is 5.91 Å². The van der Waals surface area contributed by atoms with Gasteiger partial charge in [-0.3, -0.25) is 4.79 Å². The number of carbonyl (C=O) groups excluding carboxylic acids is 1. The van der Waals surface area contributed by atoms with E-state index >= 15 is 0 Å². The monoisotopic (exact) mass is 904 g/mol. The Kier molecular flexibility index (Phi) is 33.8. The molecule has 9 N–H and O–H groups in total. The summed E-state index contributed by atoms with van der Waals surface area (Å²) >= 11 is 0. The Balaban J connectivity index is 1.48. The standard InChI is InChI=1S/C49H93NO13/c1-3-4-5-6-7-8-9-10-11-12-13-14-15-16-17-18-19-20-21-22-23-24-25-26-27-28-29-30-31-32-33-39(54)38(50-37(2)53)36-60-48-46(59)44(57)47(41(35-52)62-48)63-49-45(58)43(56)42(55)40(34-51)61-49/h32-33,38-49,51-52,54-59H,3-31,34-36H2,1-2H3,(H,50,53)/b33-32+. The first-order valence-corrected chi connectivity index (χ1v) is 25.4. The quantitative estimate of drug-likeness (QED) is 0.0241. The Bertz CT molecular complexity index is 1120. The summed E-state index contributed by atoms with van der Waals surface area (Å²) in [5, 5.41) is 85.1. The van der Waals surface area contributed by atoms with Crippen LogP contribution >= 0.6 is 0 Å². The molecule has 0 aromatic rings. The second-order valence-electron chi connectivity index (χ2n) is 18.4. The highest BCUT2D eigenvalue weighted by Crippen LogP contribution is 2.30. The van der Waals surface area contributed by atoms with Gasteiger partial charge in [-0.25, -0.2) is 0 Å². The fourth-order valence-electron chi connectivity index (χ4n) is 8.68. The summed E-state index contributed by atoms with van der Waals surface area (Å²) in [6.45, 7) is 1.85. The summed E-state index contributed by atoms with van der Waals surface area (Å²) in [7, 11) is 0. The summed E-state index contributed by atoms with van der Waals surface area (Å²) in [5.41, 5.74) is 0. The van der Waals surface area contributed by atoms with Gasteiger partial charge in [-0.15, -0.1) is 0 Å². The van der Waals surface area contributed by atoms with Gasteiger partial charge in [0.1, 0.15) is 48.8 Å². The Labute approximate surface area is 380 Å². The molecule has 1 amide bonds. The molecule has 0 saturated carbocycles. The molecule has 12 atom stereocenters. The summed E-state index contributed by atoms with van der Waals surface area (Å²) in [4.78, 5) is 11.9. The second kappa shape index (κ2) is 36.8. The van der Waals surface area contributed by atoms with Crippen LogP contribution in [-0.2, 0) is 23.7 Å². The first-order chi connectivity index (χ1) is 30.5. The van der Waals surface area contributed by atoms with Gasteiger partial charge in [0.15, 0.2) is 12.6 Å². The second-order valence-corrected chi connectivity index (χ2v) is 18.4. The summed E-state index contributed by atoms with van der Waals surface area (Å²) in [6.07, 6.45) is 25.4. The van der Waals surface area contributed by atoms with Crippen LogP contribution in [0.4, 0.5) is 0 Å². The summed E-state index contributed by atoms with van der Waals surface area (Å²) in [6, 6.07) is -0.911. The SMILES string of the molecule is CCCCCCCCCCCCCCCCCCCCCCCCCCCCCC/C=C/C(O)C(COC1OC(CO)C(OC2OC(CO)C(O)C(O)C2O)C(O)C1O)NC(C)=O. The molecule has 0 aliphatic carbocycles. The molecule has 14 nitrogen and oxygen atoms in total. The van der Waals surface area contributed by atoms with Crippen molar-refractivity contribution in [2.75, 3.05) is 19.8 Å². The van der Waals surface area contributed by atoms with E-state index in [1.165, 1.54) is 174 Å². The number of unbranched alkanes of at least 4 members (excludes halogenated alkanes) is 28. The lowest BCUT2D eigenvalue weighted by Gasteiger charge is -2.46. The summed E-state index contributed by atoms with van der Waals surface area (Å²) in [5.74, 6) is -0.414. The maximum Gasteiger partial charge on any atom is 0.217 e. The zero-order valence-corrected chi connectivity index (χ0v) is 39.3. The van der Waals surface area contributed by atoms with E-state index in [-0.39, 0.29) is 6.61 Å². The Morgan fingerprint density at radius 1 is 0.556 bits per heavy atom. The maximum absolute atomic E-state index is 11.9. The van der Waals surface area contributed by atoms with Crippen LogP contribution in [0.15, 0.2) is 12.2 Å². The highest BCUT2D eigenvalue weighted by atomic mass is 16.7. The molecular weight excluding hydrogens is 811 g/mol. The van der Waals surface area contributed by atoms with Crippen molar-refractivity contribution in [1.82, 2.24) is 5.32 Å². The Hall–Kier alpha value is -1.27. The van der Waals surface area contributed by atoms with Crippen molar-refractivity contribution in [1.29, 1.82) is 0 Å². The number of nitrogens with one attached hydrogen (secondary N) is 1. The average molecular weight is 904 g/mol. The van der Waals surface area contributed by atoms with Crippen molar-refractivity contribution in [3.8, 4) is 0 Å². The van der Waals surface area contributed by atoms with Gasteiger partial charge in [0.05, 0.1) is 32.0 Å². The minimum absolute atomic E-state index is 0.310. The number of ether oxygens (including phenoxy) is 4. The molecule has 0 aromatic heterocycles. The zero-order valence-electron chi connectivity index (χ0n) is 39.3. The zero-order chi connectivity index (χ0) is 46.1. The van der Waals surface area contributed by atoms with Crippen molar-refractivity contribution in [3.05, 3.63) is 12.2 Å². The molecule has 0 spiro atoms. The molecule has 63 heavy (non-hydrogen) atoms. The van der Waals surface area contributed by atoms with Gasteiger partial charge in [0.25, 0.3) is 0 Å².